The number of nitrogens with zero attached hydrogens (tertiary/aromatic N) is 1. The standard InChI is InChI=1S/C21H16ClNO4/c1-3-10-26-19-16(22)11-14(13-18(19)25-4-2)12-17-21(24)27-20(23-17)15-8-6-5-7-9-15/h1,5-9,11-13H,4,10H2,2H3/b17-12-. The minimum atomic E-state index is -0.532. The highest BCUT2D eigenvalue weighted by Gasteiger charge is 2.24. The zero-order valence-corrected chi connectivity index (χ0v) is 15.3. The number of carbonyl (C=O) groups excluding carboxylic acids is 1. The first-order chi connectivity index (χ1) is 13.1. The molecule has 0 fully saturated rings. The lowest BCUT2D eigenvalue weighted by Gasteiger charge is -2.13. The molecule has 0 bridgehead atoms. The van der Waals surface area contributed by atoms with Crippen LogP contribution in [0.1, 0.15) is 18.1 Å². The molecule has 136 valence electrons. The zero-order valence-electron chi connectivity index (χ0n) is 14.6. The number of cyclic esters (lactones) is 1. The van der Waals surface area contributed by atoms with Crippen molar-refractivity contribution in [1.82, 2.24) is 0 Å². The third-order valence-corrected chi connectivity index (χ3v) is 3.86. The first kappa shape index (κ1) is 18.6. The topological polar surface area (TPSA) is 57.1 Å². The molecular weight excluding hydrogens is 366 g/mol. The highest BCUT2D eigenvalue weighted by Crippen LogP contribution is 2.37. The summed E-state index contributed by atoms with van der Waals surface area (Å²) in [5.41, 5.74) is 1.52. The van der Waals surface area contributed by atoms with E-state index in [-0.39, 0.29) is 18.2 Å². The molecule has 0 unspecified atom stereocenters. The van der Waals surface area contributed by atoms with Crippen LogP contribution in [0, 0.1) is 12.3 Å². The number of benzene rings is 2. The van der Waals surface area contributed by atoms with Gasteiger partial charge in [0.25, 0.3) is 0 Å². The molecule has 0 aliphatic carbocycles. The van der Waals surface area contributed by atoms with Gasteiger partial charge in [0.1, 0.15) is 6.61 Å². The van der Waals surface area contributed by atoms with E-state index in [4.69, 9.17) is 32.2 Å². The molecule has 0 saturated heterocycles. The van der Waals surface area contributed by atoms with Crippen LogP contribution in [0.2, 0.25) is 5.02 Å². The number of aliphatic imine (C=N–C) groups is 1. The normalized spacial score (nSPS) is 14.5. The summed E-state index contributed by atoms with van der Waals surface area (Å²) < 4.78 is 16.3. The van der Waals surface area contributed by atoms with E-state index in [1.807, 2.05) is 37.3 Å². The van der Waals surface area contributed by atoms with Crippen molar-refractivity contribution in [3.05, 3.63) is 64.3 Å². The second-order valence-electron chi connectivity index (χ2n) is 5.46. The van der Waals surface area contributed by atoms with Crippen molar-refractivity contribution >= 4 is 29.5 Å². The maximum absolute atomic E-state index is 12.2. The lowest BCUT2D eigenvalue weighted by molar-refractivity contribution is -0.129. The summed E-state index contributed by atoms with van der Waals surface area (Å²) in [6.07, 6.45) is 6.81. The summed E-state index contributed by atoms with van der Waals surface area (Å²) in [5, 5.41) is 0.321. The van der Waals surface area contributed by atoms with Crippen LogP contribution in [0.4, 0.5) is 0 Å². The summed E-state index contributed by atoms with van der Waals surface area (Å²) in [4.78, 5) is 16.4. The molecule has 0 saturated carbocycles. The number of esters is 1. The zero-order chi connectivity index (χ0) is 19.2. The van der Waals surface area contributed by atoms with E-state index in [0.29, 0.717) is 28.7 Å². The van der Waals surface area contributed by atoms with Crippen LogP contribution in [0.25, 0.3) is 6.08 Å². The van der Waals surface area contributed by atoms with Gasteiger partial charge < -0.3 is 14.2 Å². The van der Waals surface area contributed by atoms with Gasteiger partial charge in [-0.15, -0.1) is 6.42 Å². The predicted molar refractivity (Wildman–Crippen MR) is 104 cm³/mol. The molecule has 2 aromatic rings. The molecule has 0 aromatic heterocycles. The molecule has 5 nitrogen and oxygen atoms in total. The summed E-state index contributed by atoms with van der Waals surface area (Å²) in [7, 11) is 0. The summed E-state index contributed by atoms with van der Waals surface area (Å²) in [5.74, 6) is 2.91. The van der Waals surface area contributed by atoms with Crippen LogP contribution in [0.3, 0.4) is 0 Å². The maximum atomic E-state index is 12.2. The molecule has 1 aliphatic heterocycles. The van der Waals surface area contributed by atoms with Crippen molar-refractivity contribution in [2.24, 2.45) is 4.99 Å². The Kier molecular flexibility index (Phi) is 5.80. The third-order valence-electron chi connectivity index (χ3n) is 3.58. The molecule has 6 heteroatoms. The van der Waals surface area contributed by atoms with Crippen molar-refractivity contribution in [2.75, 3.05) is 13.2 Å². The van der Waals surface area contributed by atoms with Crippen molar-refractivity contribution < 1.29 is 19.0 Å². The molecule has 3 rings (SSSR count). The van der Waals surface area contributed by atoms with Crippen molar-refractivity contribution in [3.8, 4) is 23.8 Å². The second-order valence-corrected chi connectivity index (χ2v) is 5.87. The number of rotatable bonds is 6. The van der Waals surface area contributed by atoms with Gasteiger partial charge in [0, 0.05) is 5.56 Å². The van der Waals surface area contributed by atoms with Gasteiger partial charge in [0.2, 0.25) is 5.90 Å². The second kappa shape index (κ2) is 8.43. The lowest BCUT2D eigenvalue weighted by Crippen LogP contribution is -2.05. The minimum absolute atomic E-state index is 0.0668. The summed E-state index contributed by atoms with van der Waals surface area (Å²) in [6, 6.07) is 12.5. The largest absolute Gasteiger partial charge is 0.490 e. The van der Waals surface area contributed by atoms with Gasteiger partial charge in [-0.2, -0.15) is 0 Å². The predicted octanol–water partition coefficient (Wildman–Crippen LogP) is 4.10. The number of halogens is 1. The monoisotopic (exact) mass is 381 g/mol. The minimum Gasteiger partial charge on any atom is -0.490 e. The Labute approximate surface area is 162 Å². The van der Waals surface area contributed by atoms with E-state index in [9.17, 15) is 4.79 Å². The molecule has 0 N–H and O–H groups in total. The van der Waals surface area contributed by atoms with Crippen LogP contribution in [0.5, 0.6) is 11.5 Å². The van der Waals surface area contributed by atoms with E-state index in [0.717, 1.165) is 5.56 Å². The Morgan fingerprint density at radius 1 is 1.26 bits per heavy atom. The van der Waals surface area contributed by atoms with Crippen LogP contribution < -0.4 is 9.47 Å². The molecule has 27 heavy (non-hydrogen) atoms. The quantitative estimate of drug-likeness (QED) is 0.429. The Morgan fingerprint density at radius 2 is 2.04 bits per heavy atom. The van der Waals surface area contributed by atoms with Crippen LogP contribution in [-0.2, 0) is 9.53 Å². The van der Waals surface area contributed by atoms with E-state index < -0.39 is 5.97 Å². The van der Waals surface area contributed by atoms with Gasteiger partial charge in [0.05, 0.1) is 11.6 Å². The van der Waals surface area contributed by atoms with Crippen molar-refractivity contribution in [1.29, 1.82) is 0 Å². The maximum Gasteiger partial charge on any atom is 0.363 e. The molecule has 2 aromatic carbocycles. The van der Waals surface area contributed by atoms with Gasteiger partial charge in [-0.1, -0.05) is 35.7 Å². The van der Waals surface area contributed by atoms with Crippen LogP contribution in [0.15, 0.2) is 53.2 Å². The fourth-order valence-corrected chi connectivity index (χ4v) is 2.73. The van der Waals surface area contributed by atoms with Crippen LogP contribution in [-0.4, -0.2) is 25.1 Å². The molecule has 0 radical (unpaired) electrons. The van der Waals surface area contributed by atoms with Gasteiger partial charge in [-0.3, -0.25) is 0 Å². The van der Waals surface area contributed by atoms with E-state index in [2.05, 4.69) is 10.9 Å². The SMILES string of the molecule is C#CCOc1c(Cl)cc(/C=C2\N=C(c3ccccc3)OC2=O)cc1OCC. The Morgan fingerprint density at radius 3 is 2.74 bits per heavy atom. The average molecular weight is 382 g/mol. The van der Waals surface area contributed by atoms with Gasteiger partial charge in [0.15, 0.2) is 17.2 Å². The number of hydrogen-bond donors (Lipinski definition) is 0. The Balaban J connectivity index is 1.95. The van der Waals surface area contributed by atoms with Gasteiger partial charge >= 0.3 is 5.97 Å². The molecule has 1 heterocycles. The van der Waals surface area contributed by atoms with Gasteiger partial charge in [-0.05, 0) is 42.8 Å². The lowest BCUT2D eigenvalue weighted by atomic mass is 10.1. The first-order valence-corrected chi connectivity index (χ1v) is 8.60. The fraction of sp³-hybridized carbons (Fsp3) is 0.143. The molecule has 0 spiro atoms. The Bertz CT molecular complexity index is 958. The first-order valence-electron chi connectivity index (χ1n) is 8.23. The molecule has 0 atom stereocenters. The number of terminal acetylenes is 1. The number of ether oxygens (including phenoxy) is 3. The fourth-order valence-electron chi connectivity index (χ4n) is 2.46. The number of hydrogen-bond acceptors (Lipinski definition) is 5. The van der Waals surface area contributed by atoms with Gasteiger partial charge in [-0.25, -0.2) is 9.79 Å². The molecule has 1 aliphatic rings. The molecule has 0 amide bonds. The highest BCUT2D eigenvalue weighted by atomic mass is 35.5. The summed E-state index contributed by atoms with van der Waals surface area (Å²) in [6.45, 7) is 2.33. The van der Waals surface area contributed by atoms with Crippen LogP contribution >= 0.6 is 11.6 Å². The van der Waals surface area contributed by atoms with E-state index >= 15 is 0 Å². The number of carbonyl (C=O) groups is 1. The Hall–Kier alpha value is -3.23. The van der Waals surface area contributed by atoms with Crippen molar-refractivity contribution in [3.63, 3.8) is 0 Å². The summed E-state index contributed by atoms with van der Waals surface area (Å²) >= 11 is 6.30. The smallest absolute Gasteiger partial charge is 0.363 e. The average Bonchev–Trinajstić information content (AvgIpc) is 3.03. The molecular formula is C21H16ClNO4. The van der Waals surface area contributed by atoms with E-state index in [1.165, 1.54) is 0 Å². The van der Waals surface area contributed by atoms with E-state index in [1.54, 1.807) is 18.2 Å². The third kappa shape index (κ3) is 4.30. The highest BCUT2D eigenvalue weighted by molar-refractivity contribution is 6.32. The van der Waals surface area contributed by atoms with Crippen molar-refractivity contribution in [2.45, 2.75) is 6.92 Å².